The lowest BCUT2D eigenvalue weighted by Crippen LogP contribution is -2.30. The number of rotatable bonds is 0. The van der Waals surface area contributed by atoms with E-state index >= 15 is 0 Å². The van der Waals surface area contributed by atoms with E-state index in [0.717, 1.165) is 25.0 Å². The van der Waals surface area contributed by atoms with Crippen LogP contribution in [0.3, 0.4) is 0 Å². The van der Waals surface area contributed by atoms with E-state index in [1.165, 1.54) is 25.7 Å². The lowest BCUT2D eigenvalue weighted by molar-refractivity contribution is 0.102. The molecule has 0 aromatic heterocycles. The molecule has 0 aromatic carbocycles. The van der Waals surface area contributed by atoms with E-state index in [1.807, 2.05) is 0 Å². The number of ether oxygens (including phenoxy) is 3. The van der Waals surface area contributed by atoms with Gasteiger partial charge in [-0.05, 0) is 24.7 Å². The van der Waals surface area contributed by atoms with E-state index in [0.29, 0.717) is 24.4 Å². The summed E-state index contributed by atoms with van der Waals surface area (Å²) in [6.07, 6.45) is 7.27. The van der Waals surface area contributed by atoms with Gasteiger partial charge in [-0.2, -0.15) is 0 Å². The lowest BCUT2D eigenvalue weighted by atomic mass is 9.74. The Labute approximate surface area is 90.1 Å². The molecule has 0 N–H and O–H groups in total. The van der Waals surface area contributed by atoms with Crippen molar-refractivity contribution in [3.63, 3.8) is 0 Å². The smallest absolute Gasteiger partial charge is 0.108 e. The average Bonchev–Trinajstić information content (AvgIpc) is 3.14. The van der Waals surface area contributed by atoms with Crippen LogP contribution in [0.25, 0.3) is 0 Å². The molecule has 3 heteroatoms. The summed E-state index contributed by atoms with van der Waals surface area (Å²) in [6, 6.07) is 0. The number of fused-ring (bicyclic) bond motifs is 5. The summed E-state index contributed by atoms with van der Waals surface area (Å²) >= 11 is 0. The highest BCUT2D eigenvalue weighted by Gasteiger charge is 2.56. The summed E-state index contributed by atoms with van der Waals surface area (Å²) in [5.41, 5.74) is 0. The van der Waals surface area contributed by atoms with E-state index < -0.39 is 0 Å². The zero-order valence-electron chi connectivity index (χ0n) is 8.93. The third-order valence-electron chi connectivity index (χ3n) is 4.53. The van der Waals surface area contributed by atoms with Crippen LogP contribution in [0.5, 0.6) is 0 Å². The Balaban J connectivity index is 1.57. The molecule has 3 nitrogen and oxygen atoms in total. The Bertz CT molecular complexity index is 242. The second kappa shape index (κ2) is 3.19. The van der Waals surface area contributed by atoms with Gasteiger partial charge in [-0.15, -0.1) is 0 Å². The van der Waals surface area contributed by atoms with E-state index in [2.05, 4.69) is 0 Å². The van der Waals surface area contributed by atoms with Crippen LogP contribution < -0.4 is 0 Å². The van der Waals surface area contributed by atoms with Crippen LogP contribution >= 0.6 is 0 Å². The Morgan fingerprint density at radius 1 is 0.733 bits per heavy atom. The highest BCUT2D eigenvalue weighted by Crippen LogP contribution is 2.49. The topological polar surface area (TPSA) is 34.3 Å². The summed E-state index contributed by atoms with van der Waals surface area (Å²) < 4.78 is 17.1. The maximum Gasteiger partial charge on any atom is 0.108 e. The van der Waals surface area contributed by atoms with E-state index in [-0.39, 0.29) is 0 Å². The van der Waals surface area contributed by atoms with Crippen molar-refractivity contribution >= 4 is 0 Å². The first-order valence-corrected chi connectivity index (χ1v) is 6.32. The van der Waals surface area contributed by atoms with E-state index in [9.17, 15) is 0 Å². The minimum Gasteiger partial charge on any atom is -0.376 e. The fourth-order valence-corrected chi connectivity index (χ4v) is 3.64. The molecular formula is C12H18O3. The molecule has 0 radical (unpaired) electrons. The Kier molecular flexibility index (Phi) is 1.91. The van der Waals surface area contributed by atoms with Crippen molar-refractivity contribution in [2.45, 2.75) is 50.1 Å². The minimum atomic E-state index is 0.410. The van der Waals surface area contributed by atoms with Crippen molar-refractivity contribution in [2.24, 2.45) is 11.8 Å². The monoisotopic (exact) mass is 210 g/mol. The molecule has 4 fully saturated rings. The molecule has 0 spiro atoms. The van der Waals surface area contributed by atoms with Crippen LogP contribution in [0.1, 0.15) is 25.7 Å². The Morgan fingerprint density at radius 3 is 1.80 bits per heavy atom. The number of hydrogen-bond donors (Lipinski definition) is 0. The summed E-state index contributed by atoms with van der Waals surface area (Å²) in [5, 5.41) is 0. The lowest BCUT2D eigenvalue weighted by Gasteiger charge is -2.29. The quantitative estimate of drug-likeness (QED) is 0.566. The van der Waals surface area contributed by atoms with Crippen LogP contribution in [0.15, 0.2) is 0 Å². The first kappa shape index (κ1) is 8.97. The minimum absolute atomic E-state index is 0.410. The van der Waals surface area contributed by atoms with Gasteiger partial charge in [0, 0.05) is 0 Å². The molecule has 1 saturated carbocycles. The third kappa shape index (κ3) is 1.44. The summed E-state index contributed by atoms with van der Waals surface area (Å²) in [7, 11) is 0. The van der Waals surface area contributed by atoms with Gasteiger partial charge in [0.15, 0.2) is 0 Å². The number of hydrogen-bond acceptors (Lipinski definition) is 3. The van der Waals surface area contributed by atoms with Crippen LogP contribution in [0.4, 0.5) is 0 Å². The zero-order chi connectivity index (χ0) is 9.83. The Morgan fingerprint density at radius 2 is 1.27 bits per heavy atom. The molecular weight excluding hydrogens is 192 g/mol. The Hall–Kier alpha value is -0.120. The SMILES string of the molecule is C1CCC2C(C1)C1OC1COCC1OC12. The molecule has 4 aliphatic rings. The first-order valence-electron chi connectivity index (χ1n) is 6.32. The average molecular weight is 210 g/mol. The van der Waals surface area contributed by atoms with E-state index in [1.54, 1.807) is 0 Å². The van der Waals surface area contributed by atoms with Crippen molar-refractivity contribution in [1.82, 2.24) is 0 Å². The molecule has 3 aliphatic heterocycles. The third-order valence-corrected chi connectivity index (χ3v) is 4.53. The zero-order valence-corrected chi connectivity index (χ0v) is 8.93. The largest absolute Gasteiger partial charge is 0.376 e. The van der Waals surface area contributed by atoms with Crippen LogP contribution in [0.2, 0.25) is 0 Å². The van der Waals surface area contributed by atoms with Gasteiger partial charge in [0.25, 0.3) is 0 Å². The second-order valence-electron chi connectivity index (χ2n) is 5.43. The molecule has 0 amide bonds. The number of epoxide rings is 2. The molecule has 1 aliphatic carbocycles. The normalized spacial score (nSPS) is 57.6. The van der Waals surface area contributed by atoms with Crippen molar-refractivity contribution in [1.29, 1.82) is 0 Å². The van der Waals surface area contributed by atoms with Gasteiger partial charge in [-0.3, -0.25) is 0 Å². The maximum atomic E-state index is 5.75. The standard InChI is InChI=1S/C12H18O3/c1-2-4-8-7(3-1)11-9(14-11)5-13-6-10-12(8)15-10/h7-12H,1-6H2. The molecule has 0 aromatic rings. The molecule has 6 unspecified atom stereocenters. The molecule has 0 bridgehead atoms. The van der Waals surface area contributed by atoms with Crippen LogP contribution in [-0.4, -0.2) is 37.6 Å². The van der Waals surface area contributed by atoms with Gasteiger partial charge in [-0.1, -0.05) is 12.8 Å². The second-order valence-corrected chi connectivity index (χ2v) is 5.43. The summed E-state index contributed by atoms with van der Waals surface area (Å²) in [6.45, 7) is 1.58. The van der Waals surface area contributed by atoms with Crippen molar-refractivity contribution in [3.8, 4) is 0 Å². The fourth-order valence-electron chi connectivity index (χ4n) is 3.64. The molecule has 3 saturated heterocycles. The molecule has 84 valence electrons. The van der Waals surface area contributed by atoms with E-state index in [4.69, 9.17) is 14.2 Å². The van der Waals surface area contributed by atoms with Gasteiger partial charge in [0.05, 0.1) is 25.4 Å². The molecule has 4 rings (SSSR count). The molecule has 15 heavy (non-hydrogen) atoms. The highest BCUT2D eigenvalue weighted by atomic mass is 16.6. The molecule has 3 heterocycles. The predicted molar refractivity (Wildman–Crippen MR) is 53.6 cm³/mol. The van der Waals surface area contributed by atoms with Gasteiger partial charge in [0.2, 0.25) is 0 Å². The van der Waals surface area contributed by atoms with Gasteiger partial charge in [-0.25, -0.2) is 0 Å². The maximum absolute atomic E-state index is 5.75. The van der Waals surface area contributed by atoms with Gasteiger partial charge in [0.1, 0.15) is 12.2 Å². The van der Waals surface area contributed by atoms with Gasteiger partial charge < -0.3 is 14.2 Å². The summed E-state index contributed by atoms with van der Waals surface area (Å²) in [4.78, 5) is 0. The first-order chi connectivity index (χ1) is 7.43. The summed E-state index contributed by atoms with van der Waals surface area (Å²) in [5.74, 6) is 1.53. The predicted octanol–water partition coefficient (Wildman–Crippen LogP) is 1.36. The van der Waals surface area contributed by atoms with Crippen molar-refractivity contribution in [3.05, 3.63) is 0 Å². The van der Waals surface area contributed by atoms with Crippen LogP contribution in [-0.2, 0) is 14.2 Å². The fraction of sp³-hybridized carbons (Fsp3) is 1.00. The highest BCUT2D eigenvalue weighted by molar-refractivity contribution is 5.03. The van der Waals surface area contributed by atoms with Crippen molar-refractivity contribution < 1.29 is 14.2 Å². The van der Waals surface area contributed by atoms with Crippen molar-refractivity contribution in [2.75, 3.05) is 13.2 Å². The van der Waals surface area contributed by atoms with Gasteiger partial charge >= 0.3 is 0 Å². The van der Waals surface area contributed by atoms with Crippen LogP contribution in [0, 0.1) is 11.8 Å². The molecule has 6 atom stereocenters.